The molecule has 0 aliphatic rings. The second kappa shape index (κ2) is 12.4. The van der Waals surface area contributed by atoms with Gasteiger partial charge in [-0.1, -0.05) is 13.8 Å². The van der Waals surface area contributed by atoms with Crippen LogP contribution in [0.25, 0.3) is 0 Å². The standard InChI is InChI=1S/2C5H12NO.Cu/c2*1-5(7)4-6(2)3;/h2*5H,4H2,1-3H3;/q2*-1;+2. The number of rotatable bonds is 4. The van der Waals surface area contributed by atoms with Gasteiger partial charge in [0.05, 0.1) is 0 Å². The van der Waals surface area contributed by atoms with E-state index in [2.05, 4.69) is 0 Å². The van der Waals surface area contributed by atoms with E-state index >= 15 is 0 Å². The van der Waals surface area contributed by atoms with Gasteiger partial charge in [0.25, 0.3) is 0 Å². The molecule has 97 valence electrons. The van der Waals surface area contributed by atoms with Crippen LogP contribution in [0.5, 0.6) is 0 Å². The molecule has 0 spiro atoms. The monoisotopic (exact) mass is 267 g/mol. The Hall–Kier alpha value is 0.359. The Kier molecular flexibility index (Phi) is 17.2. The third kappa shape index (κ3) is 31.4. The molecule has 5 heteroatoms. The molecule has 0 aliphatic carbocycles. The fourth-order valence-corrected chi connectivity index (χ4v) is 1.03. The average molecular weight is 268 g/mol. The van der Waals surface area contributed by atoms with E-state index in [1.807, 2.05) is 38.0 Å². The van der Waals surface area contributed by atoms with Gasteiger partial charge in [-0.3, -0.25) is 0 Å². The molecule has 1 radical (unpaired) electrons. The number of hydrogen-bond donors (Lipinski definition) is 0. The summed E-state index contributed by atoms with van der Waals surface area (Å²) in [5.41, 5.74) is 0. The number of nitrogens with zero attached hydrogens (tertiary/aromatic N) is 2. The van der Waals surface area contributed by atoms with E-state index in [1.54, 1.807) is 13.8 Å². The molecule has 0 aromatic heterocycles. The van der Waals surface area contributed by atoms with Crippen LogP contribution in [0.3, 0.4) is 0 Å². The molecule has 15 heavy (non-hydrogen) atoms. The van der Waals surface area contributed by atoms with Crippen LogP contribution in [-0.2, 0) is 17.1 Å². The first kappa shape index (κ1) is 20.7. The Balaban J connectivity index is -0.000000180. The van der Waals surface area contributed by atoms with Crippen molar-refractivity contribution in [3.8, 4) is 0 Å². The maximum atomic E-state index is 10.3. The van der Waals surface area contributed by atoms with Crippen molar-refractivity contribution in [3.63, 3.8) is 0 Å². The quantitative estimate of drug-likeness (QED) is 0.588. The van der Waals surface area contributed by atoms with Crippen molar-refractivity contribution in [1.29, 1.82) is 0 Å². The van der Waals surface area contributed by atoms with E-state index in [0.29, 0.717) is 13.1 Å². The smallest absolute Gasteiger partial charge is 0.851 e. The maximum absolute atomic E-state index is 10.3. The zero-order valence-electron chi connectivity index (χ0n) is 10.6. The molecule has 0 N–H and O–H groups in total. The van der Waals surface area contributed by atoms with Crippen molar-refractivity contribution in [3.05, 3.63) is 0 Å². The summed E-state index contributed by atoms with van der Waals surface area (Å²) < 4.78 is 0. The molecule has 2 atom stereocenters. The molecule has 0 fully saturated rings. The van der Waals surface area contributed by atoms with Gasteiger partial charge in [-0.05, 0) is 41.3 Å². The van der Waals surface area contributed by atoms with E-state index < -0.39 is 12.2 Å². The van der Waals surface area contributed by atoms with Crippen molar-refractivity contribution >= 4 is 0 Å². The van der Waals surface area contributed by atoms with Crippen LogP contribution in [0, 0.1) is 0 Å². The second-order valence-corrected chi connectivity index (χ2v) is 4.15. The molecule has 0 aromatic carbocycles. The van der Waals surface area contributed by atoms with Crippen molar-refractivity contribution < 1.29 is 27.3 Å². The summed E-state index contributed by atoms with van der Waals surface area (Å²) in [7, 11) is 7.59. The Labute approximate surface area is 105 Å². The first-order valence-electron chi connectivity index (χ1n) is 4.86. The molecular weight excluding hydrogens is 244 g/mol. The second-order valence-electron chi connectivity index (χ2n) is 4.15. The van der Waals surface area contributed by atoms with Crippen molar-refractivity contribution in [2.24, 2.45) is 0 Å². The summed E-state index contributed by atoms with van der Waals surface area (Å²) in [6, 6.07) is 0. The van der Waals surface area contributed by atoms with Crippen LogP contribution in [0.4, 0.5) is 0 Å². The molecule has 0 saturated carbocycles. The molecule has 2 unspecified atom stereocenters. The van der Waals surface area contributed by atoms with Crippen LogP contribution in [0.2, 0.25) is 0 Å². The van der Waals surface area contributed by atoms with Crippen molar-refractivity contribution in [2.45, 2.75) is 26.1 Å². The maximum Gasteiger partial charge on any atom is 2.00 e. The Bertz CT molecular complexity index is 94.0. The molecule has 0 bridgehead atoms. The minimum atomic E-state index is -0.449. The summed E-state index contributed by atoms with van der Waals surface area (Å²) in [5.74, 6) is 0. The molecule has 0 rings (SSSR count). The summed E-state index contributed by atoms with van der Waals surface area (Å²) in [6.07, 6.45) is -0.898. The van der Waals surface area contributed by atoms with Gasteiger partial charge in [-0.15, -0.1) is 12.2 Å². The van der Waals surface area contributed by atoms with E-state index in [9.17, 15) is 10.2 Å². The van der Waals surface area contributed by atoms with Crippen LogP contribution in [-0.4, -0.2) is 63.3 Å². The molecular formula is C10H24CuN2O2. The zero-order valence-corrected chi connectivity index (χ0v) is 11.5. The van der Waals surface area contributed by atoms with Gasteiger partial charge < -0.3 is 20.0 Å². The van der Waals surface area contributed by atoms with Crippen molar-refractivity contribution in [1.82, 2.24) is 9.80 Å². The van der Waals surface area contributed by atoms with Gasteiger partial charge in [0.15, 0.2) is 0 Å². The molecule has 0 aromatic rings. The molecule has 0 saturated heterocycles. The van der Waals surface area contributed by atoms with Crippen molar-refractivity contribution in [2.75, 3.05) is 41.3 Å². The molecule has 0 amide bonds. The average Bonchev–Trinajstić information content (AvgIpc) is 1.79. The van der Waals surface area contributed by atoms with Gasteiger partial charge in [0, 0.05) is 0 Å². The first-order chi connectivity index (χ1) is 6.25. The fourth-order valence-electron chi connectivity index (χ4n) is 1.03. The van der Waals surface area contributed by atoms with Crippen LogP contribution in [0.15, 0.2) is 0 Å². The predicted octanol–water partition coefficient (Wildman–Crippen LogP) is -1.41. The number of likely N-dealkylation sites (N-methyl/N-ethyl adjacent to an activating group) is 2. The summed E-state index contributed by atoms with van der Waals surface area (Å²) >= 11 is 0. The fraction of sp³-hybridized carbons (Fsp3) is 1.00. The van der Waals surface area contributed by atoms with Crippen LogP contribution >= 0.6 is 0 Å². The Morgan fingerprint density at radius 2 is 1.00 bits per heavy atom. The minimum absolute atomic E-state index is 0. The normalized spacial score (nSPS) is 14.0. The minimum Gasteiger partial charge on any atom is -0.851 e. The third-order valence-corrected chi connectivity index (χ3v) is 1.24. The summed E-state index contributed by atoms with van der Waals surface area (Å²) in [4.78, 5) is 3.77. The van der Waals surface area contributed by atoms with Gasteiger partial charge in [-0.25, -0.2) is 0 Å². The molecule has 0 heterocycles. The van der Waals surface area contributed by atoms with Gasteiger partial charge in [-0.2, -0.15) is 0 Å². The van der Waals surface area contributed by atoms with Crippen LogP contribution in [0.1, 0.15) is 13.8 Å². The topological polar surface area (TPSA) is 52.6 Å². The van der Waals surface area contributed by atoms with E-state index in [-0.39, 0.29) is 17.1 Å². The van der Waals surface area contributed by atoms with Crippen LogP contribution < -0.4 is 10.2 Å². The Morgan fingerprint density at radius 3 is 1.00 bits per heavy atom. The molecule has 0 aliphatic heterocycles. The van der Waals surface area contributed by atoms with E-state index in [1.165, 1.54) is 0 Å². The predicted molar refractivity (Wildman–Crippen MR) is 56.0 cm³/mol. The SMILES string of the molecule is CC([O-])CN(C)C.CC([O-])CN(C)C.[Cu+2]. The third-order valence-electron chi connectivity index (χ3n) is 1.24. The first-order valence-corrected chi connectivity index (χ1v) is 4.86. The van der Waals surface area contributed by atoms with E-state index in [0.717, 1.165) is 0 Å². The van der Waals surface area contributed by atoms with Gasteiger partial charge in [0.2, 0.25) is 0 Å². The largest absolute Gasteiger partial charge is 2.00 e. The van der Waals surface area contributed by atoms with Gasteiger partial charge >= 0.3 is 17.1 Å². The zero-order chi connectivity index (χ0) is 11.7. The number of hydrogen-bond acceptors (Lipinski definition) is 4. The summed E-state index contributed by atoms with van der Waals surface area (Å²) in [5, 5.41) is 20.6. The summed E-state index contributed by atoms with van der Waals surface area (Å²) in [6.45, 7) is 4.61. The van der Waals surface area contributed by atoms with E-state index in [4.69, 9.17) is 0 Å². The Morgan fingerprint density at radius 1 is 0.800 bits per heavy atom. The molecule has 4 nitrogen and oxygen atoms in total. The van der Waals surface area contributed by atoms with Gasteiger partial charge in [0.1, 0.15) is 0 Å².